The summed E-state index contributed by atoms with van der Waals surface area (Å²) < 4.78 is 25.0. The highest BCUT2D eigenvalue weighted by atomic mass is 32.2. The second-order valence-corrected chi connectivity index (χ2v) is 6.80. The topological polar surface area (TPSA) is 46.2 Å². The second kappa shape index (κ2) is 6.80. The Morgan fingerprint density at radius 1 is 1.24 bits per heavy atom. The van der Waals surface area contributed by atoms with E-state index in [1.807, 2.05) is 6.92 Å². The van der Waals surface area contributed by atoms with Crippen LogP contribution in [0.2, 0.25) is 0 Å². The minimum absolute atomic E-state index is 0.0373. The molecule has 2 rings (SSSR count). The Balaban J connectivity index is 2.13. The van der Waals surface area contributed by atoms with Crippen LogP contribution in [0, 0.1) is 5.82 Å². The van der Waals surface area contributed by atoms with Gasteiger partial charge in [-0.2, -0.15) is 0 Å². The van der Waals surface area contributed by atoms with Gasteiger partial charge in [0.1, 0.15) is 5.82 Å². The molecule has 0 saturated heterocycles. The van der Waals surface area contributed by atoms with E-state index in [9.17, 15) is 13.4 Å². The van der Waals surface area contributed by atoms with Crippen LogP contribution < -0.4 is 5.32 Å². The van der Waals surface area contributed by atoms with Crippen LogP contribution in [0.3, 0.4) is 0 Å². The third-order valence-electron chi connectivity index (χ3n) is 3.52. The summed E-state index contributed by atoms with van der Waals surface area (Å²) >= 11 is 0. The van der Waals surface area contributed by atoms with E-state index in [0.717, 1.165) is 0 Å². The Kier molecular flexibility index (Phi) is 5.07. The standard InChI is InChI=1S/C16H18FNO2S/c1-11(21(2)20)9-10-18-16(19)14-7-8-15(17)13-6-4-3-5-12(13)14/h3-8,11H,9-10H2,1-2H3,(H,18,19). The number of carbonyl (C=O) groups excluding carboxylic acids is 1. The molecule has 112 valence electrons. The summed E-state index contributed by atoms with van der Waals surface area (Å²) in [5.74, 6) is -0.572. The third-order valence-corrected chi connectivity index (χ3v) is 4.89. The number of benzene rings is 2. The van der Waals surface area contributed by atoms with Crippen molar-refractivity contribution in [2.75, 3.05) is 12.8 Å². The molecule has 2 aromatic carbocycles. The molecule has 0 saturated carbocycles. The Hall–Kier alpha value is -1.75. The molecule has 0 fully saturated rings. The van der Waals surface area contributed by atoms with Crippen molar-refractivity contribution in [1.29, 1.82) is 0 Å². The van der Waals surface area contributed by atoms with E-state index < -0.39 is 10.8 Å². The first-order valence-electron chi connectivity index (χ1n) is 6.78. The van der Waals surface area contributed by atoms with Crippen LogP contribution in [-0.4, -0.2) is 28.2 Å². The van der Waals surface area contributed by atoms with E-state index in [2.05, 4.69) is 5.32 Å². The average Bonchev–Trinajstić information content (AvgIpc) is 2.47. The minimum Gasteiger partial charge on any atom is -0.352 e. The molecule has 0 aliphatic rings. The number of carbonyl (C=O) groups is 1. The quantitative estimate of drug-likeness (QED) is 0.923. The molecule has 0 aliphatic carbocycles. The van der Waals surface area contributed by atoms with Crippen molar-refractivity contribution in [2.24, 2.45) is 0 Å². The van der Waals surface area contributed by atoms with Crippen LogP contribution in [0.5, 0.6) is 0 Å². The summed E-state index contributed by atoms with van der Waals surface area (Å²) in [5.41, 5.74) is 0.456. The molecular formula is C16H18FNO2S. The maximum absolute atomic E-state index is 13.7. The first-order valence-corrected chi connectivity index (χ1v) is 8.40. The molecule has 1 N–H and O–H groups in total. The highest BCUT2D eigenvalue weighted by Crippen LogP contribution is 2.21. The van der Waals surface area contributed by atoms with E-state index in [0.29, 0.717) is 29.3 Å². The monoisotopic (exact) mass is 307 g/mol. The predicted molar refractivity (Wildman–Crippen MR) is 84.4 cm³/mol. The van der Waals surface area contributed by atoms with Gasteiger partial charge in [0, 0.05) is 39.8 Å². The van der Waals surface area contributed by atoms with Crippen LogP contribution in [0.4, 0.5) is 4.39 Å². The summed E-state index contributed by atoms with van der Waals surface area (Å²) in [4.78, 5) is 12.2. The van der Waals surface area contributed by atoms with Gasteiger partial charge in [0.2, 0.25) is 0 Å². The van der Waals surface area contributed by atoms with E-state index in [4.69, 9.17) is 0 Å². The Morgan fingerprint density at radius 3 is 2.57 bits per heavy atom. The lowest BCUT2D eigenvalue weighted by Crippen LogP contribution is -2.27. The van der Waals surface area contributed by atoms with Gasteiger partial charge in [0.05, 0.1) is 0 Å². The summed E-state index contributed by atoms with van der Waals surface area (Å²) in [7, 11) is -0.896. The van der Waals surface area contributed by atoms with Crippen molar-refractivity contribution < 1.29 is 13.4 Å². The smallest absolute Gasteiger partial charge is 0.251 e. The van der Waals surface area contributed by atoms with Gasteiger partial charge in [-0.1, -0.05) is 31.2 Å². The van der Waals surface area contributed by atoms with Gasteiger partial charge in [-0.25, -0.2) is 4.39 Å². The number of rotatable bonds is 5. The second-order valence-electron chi connectivity index (χ2n) is 4.99. The lowest BCUT2D eigenvalue weighted by atomic mass is 10.0. The molecule has 1 amide bonds. The zero-order chi connectivity index (χ0) is 15.4. The van der Waals surface area contributed by atoms with Gasteiger partial charge in [-0.15, -0.1) is 0 Å². The number of hydrogen-bond donors (Lipinski definition) is 1. The molecule has 3 nitrogen and oxygen atoms in total. The van der Waals surface area contributed by atoms with Crippen molar-refractivity contribution in [3.8, 4) is 0 Å². The summed E-state index contributed by atoms with van der Waals surface area (Å²) in [5, 5.41) is 3.88. The van der Waals surface area contributed by atoms with Crippen molar-refractivity contribution in [3.63, 3.8) is 0 Å². The van der Waals surface area contributed by atoms with E-state index in [-0.39, 0.29) is 17.0 Å². The van der Waals surface area contributed by atoms with Crippen molar-refractivity contribution >= 4 is 27.5 Å². The molecule has 2 aromatic rings. The molecule has 2 atom stereocenters. The molecule has 0 spiro atoms. The van der Waals surface area contributed by atoms with Gasteiger partial charge >= 0.3 is 0 Å². The fraction of sp³-hybridized carbons (Fsp3) is 0.312. The summed E-state index contributed by atoms with van der Waals surface area (Å²) in [6.45, 7) is 2.33. The molecule has 0 heterocycles. The van der Waals surface area contributed by atoms with Crippen molar-refractivity contribution in [3.05, 3.63) is 47.8 Å². The SMILES string of the molecule is CC(CCNC(=O)c1ccc(F)c2ccccc12)S(C)=O. The van der Waals surface area contributed by atoms with Crippen LogP contribution in [0.25, 0.3) is 10.8 Å². The molecule has 2 unspecified atom stereocenters. The zero-order valence-electron chi connectivity index (χ0n) is 12.1. The molecular weight excluding hydrogens is 289 g/mol. The van der Waals surface area contributed by atoms with E-state index in [1.165, 1.54) is 12.1 Å². The number of nitrogens with one attached hydrogen (secondary N) is 1. The molecule has 21 heavy (non-hydrogen) atoms. The maximum Gasteiger partial charge on any atom is 0.251 e. The zero-order valence-corrected chi connectivity index (χ0v) is 12.9. The third kappa shape index (κ3) is 3.67. The Labute approximate surface area is 126 Å². The molecule has 0 radical (unpaired) electrons. The Bertz CT molecular complexity index is 687. The average molecular weight is 307 g/mol. The summed E-state index contributed by atoms with van der Waals surface area (Å²) in [6.07, 6.45) is 2.30. The van der Waals surface area contributed by atoms with E-state index >= 15 is 0 Å². The fourth-order valence-corrected chi connectivity index (χ4v) is 2.56. The highest BCUT2D eigenvalue weighted by molar-refractivity contribution is 7.84. The predicted octanol–water partition coefficient (Wildman–Crippen LogP) is 2.87. The maximum atomic E-state index is 13.7. The highest BCUT2D eigenvalue weighted by Gasteiger charge is 2.13. The van der Waals surface area contributed by atoms with Crippen molar-refractivity contribution in [1.82, 2.24) is 5.32 Å². The van der Waals surface area contributed by atoms with Crippen LogP contribution in [0.1, 0.15) is 23.7 Å². The molecule has 0 bridgehead atoms. The minimum atomic E-state index is -0.896. The number of hydrogen-bond acceptors (Lipinski definition) is 2. The van der Waals surface area contributed by atoms with E-state index in [1.54, 1.807) is 30.5 Å². The number of halogens is 1. The van der Waals surface area contributed by atoms with Crippen LogP contribution in [0.15, 0.2) is 36.4 Å². The summed E-state index contributed by atoms with van der Waals surface area (Å²) in [6, 6.07) is 9.71. The van der Waals surface area contributed by atoms with Gasteiger partial charge < -0.3 is 5.32 Å². The van der Waals surface area contributed by atoms with Gasteiger partial charge in [0.15, 0.2) is 0 Å². The number of amides is 1. The fourth-order valence-electron chi connectivity index (χ4n) is 2.11. The van der Waals surface area contributed by atoms with Crippen molar-refractivity contribution in [2.45, 2.75) is 18.6 Å². The molecule has 0 aliphatic heterocycles. The number of fused-ring (bicyclic) bond motifs is 1. The normalized spacial score (nSPS) is 13.9. The first kappa shape index (κ1) is 15.6. The molecule has 5 heteroatoms. The lowest BCUT2D eigenvalue weighted by Gasteiger charge is -2.11. The molecule has 0 aromatic heterocycles. The first-order chi connectivity index (χ1) is 10.0. The Morgan fingerprint density at radius 2 is 1.90 bits per heavy atom. The van der Waals surface area contributed by atoms with Gasteiger partial charge in [-0.3, -0.25) is 9.00 Å². The van der Waals surface area contributed by atoms with Crippen LogP contribution in [-0.2, 0) is 10.8 Å². The van der Waals surface area contributed by atoms with Gasteiger partial charge in [-0.05, 0) is 23.9 Å². The lowest BCUT2D eigenvalue weighted by molar-refractivity contribution is 0.0955. The van der Waals surface area contributed by atoms with Gasteiger partial charge in [0.25, 0.3) is 5.91 Å². The largest absolute Gasteiger partial charge is 0.352 e. The van der Waals surface area contributed by atoms with Crippen LogP contribution >= 0.6 is 0 Å².